The monoisotopic (exact) mass is 281 g/mol. The van der Waals surface area contributed by atoms with E-state index in [4.69, 9.17) is 9.84 Å². The second kappa shape index (κ2) is 6.82. The van der Waals surface area contributed by atoms with Gasteiger partial charge in [-0.15, -0.1) is 0 Å². The lowest BCUT2D eigenvalue weighted by Crippen LogP contribution is -2.43. The lowest BCUT2D eigenvalue weighted by molar-refractivity contribution is -0.138. The van der Waals surface area contributed by atoms with Gasteiger partial charge in [-0.05, 0) is 6.07 Å². The minimum absolute atomic E-state index is 0.112. The second-order valence-corrected chi connectivity index (χ2v) is 5.76. The Bertz CT molecular complexity index is 438. The third kappa shape index (κ3) is 3.88. The molecular formula is C14H19NO3S. The van der Waals surface area contributed by atoms with Gasteiger partial charge in [-0.2, -0.15) is 11.8 Å². The van der Waals surface area contributed by atoms with Crippen molar-refractivity contribution in [2.45, 2.75) is 19.0 Å². The van der Waals surface area contributed by atoms with Gasteiger partial charge in [0.1, 0.15) is 5.75 Å². The van der Waals surface area contributed by atoms with Crippen LogP contribution in [0.4, 0.5) is 0 Å². The first-order valence-electron chi connectivity index (χ1n) is 6.36. The molecular weight excluding hydrogens is 262 g/mol. The molecule has 1 N–H and O–H groups in total. The molecule has 1 aromatic rings. The highest BCUT2D eigenvalue weighted by atomic mass is 32.2. The van der Waals surface area contributed by atoms with Crippen molar-refractivity contribution in [2.75, 3.05) is 25.2 Å². The summed E-state index contributed by atoms with van der Waals surface area (Å²) in [7, 11) is 1.67. The van der Waals surface area contributed by atoms with Gasteiger partial charge in [0.25, 0.3) is 0 Å². The Morgan fingerprint density at radius 2 is 2.32 bits per heavy atom. The molecule has 4 nitrogen and oxygen atoms in total. The van der Waals surface area contributed by atoms with Gasteiger partial charge in [-0.1, -0.05) is 18.2 Å². The fraction of sp³-hybridized carbons (Fsp3) is 0.500. The summed E-state index contributed by atoms with van der Waals surface area (Å²) in [5.74, 6) is 2.10. The van der Waals surface area contributed by atoms with Gasteiger partial charge in [0.2, 0.25) is 0 Å². The molecule has 0 amide bonds. The molecule has 104 valence electrons. The molecule has 1 saturated heterocycles. The van der Waals surface area contributed by atoms with Crippen LogP contribution in [0.3, 0.4) is 0 Å². The van der Waals surface area contributed by atoms with Crippen molar-refractivity contribution in [2.24, 2.45) is 0 Å². The average molecular weight is 281 g/mol. The van der Waals surface area contributed by atoms with Crippen LogP contribution in [0.25, 0.3) is 0 Å². The molecule has 0 radical (unpaired) electrons. The number of hydrogen-bond acceptors (Lipinski definition) is 4. The number of carbonyl (C=O) groups is 1. The first-order chi connectivity index (χ1) is 9.20. The van der Waals surface area contributed by atoms with Gasteiger partial charge in [0, 0.05) is 36.2 Å². The van der Waals surface area contributed by atoms with Crippen LogP contribution in [-0.4, -0.2) is 47.2 Å². The van der Waals surface area contributed by atoms with E-state index in [1.54, 1.807) is 7.11 Å². The zero-order valence-corrected chi connectivity index (χ0v) is 11.9. The van der Waals surface area contributed by atoms with Crippen molar-refractivity contribution in [3.63, 3.8) is 0 Å². The molecule has 1 heterocycles. The highest BCUT2D eigenvalue weighted by Gasteiger charge is 2.25. The Morgan fingerprint density at radius 1 is 1.53 bits per heavy atom. The smallest absolute Gasteiger partial charge is 0.304 e. The number of carboxylic acids is 1. The summed E-state index contributed by atoms with van der Waals surface area (Å²) in [5, 5.41) is 8.99. The third-order valence-corrected chi connectivity index (χ3v) is 4.42. The number of benzene rings is 1. The molecule has 19 heavy (non-hydrogen) atoms. The maximum atomic E-state index is 10.9. The molecule has 1 aliphatic rings. The summed E-state index contributed by atoms with van der Waals surface area (Å²) in [4.78, 5) is 13.2. The van der Waals surface area contributed by atoms with Crippen LogP contribution < -0.4 is 4.74 Å². The predicted molar refractivity (Wildman–Crippen MR) is 76.8 cm³/mol. The van der Waals surface area contributed by atoms with Crippen molar-refractivity contribution in [1.29, 1.82) is 0 Å². The van der Waals surface area contributed by atoms with Crippen LogP contribution in [0.2, 0.25) is 0 Å². The quantitative estimate of drug-likeness (QED) is 0.895. The van der Waals surface area contributed by atoms with Gasteiger partial charge in [-0.25, -0.2) is 0 Å². The number of thioether (sulfide) groups is 1. The predicted octanol–water partition coefficient (Wildman–Crippen LogP) is 2.09. The zero-order valence-electron chi connectivity index (χ0n) is 11.0. The van der Waals surface area contributed by atoms with Crippen molar-refractivity contribution >= 4 is 17.7 Å². The van der Waals surface area contributed by atoms with E-state index in [2.05, 4.69) is 4.90 Å². The van der Waals surface area contributed by atoms with Crippen LogP contribution in [0.15, 0.2) is 24.3 Å². The largest absolute Gasteiger partial charge is 0.496 e. The Hall–Kier alpha value is -1.20. The number of ether oxygens (including phenoxy) is 1. The van der Waals surface area contributed by atoms with Crippen molar-refractivity contribution < 1.29 is 14.6 Å². The molecule has 1 aliphatic heterocycles. The lowest BCUT2D eigenvalue weighted by atomic mass is 10.1. The van der Waals surface area contributed by atoms with Crippen molar-refractivity contribution in [1.82, 2.24) is 4.90 Å². The number of nitrogens with zero attached hydrogens (tertiary/aromatic N) is 1. The summed E-state index contributed by atoms with van der Waals surface area (Å²) in [6.07, 6.45) is 0.210. The molecule has 0 saturated carbocycles. The average Bonchev–Trinajstić information content (AvgIpc) is 2.41. The van der Waals surface area contributed by atoms with Crippen molar-refractivity contribution in [3.05, 3.63) is 29.8 Å². The molecule has 2 rings (SSSR count). The van der Waals surface area contributed by atoms with Crippen LogP contribution in [0, 0.1) is 0 Å². The Labute approximate surface area is 117 Å². The standard InChI is InChI=1S/C14H19NO3S/c1-18-13-5-3-2-4-11(13)9-15-6-7-19-10-12(15)8-14(16)17/h2-5,12H,6-10H2,1H3,(H,16,17). The summed E-state index contributed by atoms with van der Waals surface area (Å²) < 4.78 is 5.36. The van der Waals surface area contributed by atoms with Gasteiger partial charge in [0.15, 0.2) is 0 Å². The van der Waals surface area contributed by atoms with Gasteiger partial charge in [-0.3, -0.25) is 9.69 Å². The van der Waals surface area contributed by atoms with Crippen LogP contribution in [0.5, 0.6) is 5.75 Å². The van der Waals surface area contributed by atoms with E-state index in [0.717, 1.165) is 35.9 Å². The number of hydrogen-bond donors (Lipinski definition) is 1. The van der Waals surface area contributed by atoms with Gasteiger partial charge >= 0.3 is 5.97 Å². The van der Waals surface area contributed by atoms with Gasteiger partial charge < -0.3 is 9.84 Å². The van der Waals surface area contributed by atoms with Crippen LogP contribution in [-0.2, 0) is 11.3 Å². The normalized spacial score (nSPS) is 20.2. The number of para-hydroxylation sites is 1. The maximum Gasteiger partial charge on any atom is 0.304 e. The number of methoxy groups -OCH3 is 1. The molecule has 0 aromatic heterocycles. The van der Waals surface area contributed by atoms with Crippen LogP contribution in [0.1, 0.15) is 12.0 Å². The topological polar surface area (TPSA) is 49.8 Å². The Kier molecular flexibility index (Phi) is 5.10. The molecule has 0 bridgehead atoms. The molecule has 0 spiro atoms. The van der Waals surface area contributed by atoms with Crippen molar-refractivity contribution in [3.8, 4) is 5.75 Å². The molecule has 1 aromatic carbocycles. The van der Waals surface area contributed by atoms with E-state index in [1.807, 2.05) is 36.0 Å². The van der Waals surface area contributed by atoms with E-state index in [1.165, 1.54) is 0 Å². The second-order valence-electron chi connectivity index (χ2n) is 4.61. The molecule has 1 atom stereocenters. The minimum Gasteiger partial charge on any atom is -0.496 e. The van der Waals surface area contributed by atoms with E-state index >= 15 is 0 Å². The summed E-state index contributed by atoms with van der Waals surface area (Å²) in [6, 6.07) is 8.03. The highest BCUT2D eigenvalue weighted by Crippen LogP contribution is 2.25. The van der Waals surface area contributed by atoms with E-state index in [0.29, 0.717) is 0 Å². The Morgan fingerprint density at radius 3 is 3.05 bits per heavy atom. The van der Waals surface area contributed by atoms with E-state index in [-0.39, 0.29) is 12.5 Å². The number of carboxylic acid groups (broad SMARTS) is 1. The molecule has 0 aliphatic carbocycles. The first kappa shape index (κ1) is 14.2. The molecule has 1 fully saturated rings. The summed E-state index contributed by atoms with van der Waals surface area (Å²) >= 11 is 1.83. The SMILES string of the molecule is COc1ccccc1CN1CCSCC1CC(=O)O. The molecule has 5 heteroatoms. The Balaban J connectivity index is 2.08. The lowest BCUT2D eigenvalue weighted by Gasteiger charge is -2.34. The van der Waals surface area contributed by atoms with Crippen LogP contribution >= 0.6 is 11.8 Å². The minimum atomic E-state index is -0.725. The summed E-state index contributed by atoms with van der Waals surface area (Å²) in [5.41, 5.74) is 1.12. The highest BCUT2D eigenvalue weighted by molar-refractivity contribution is 7.99. The maximum absolute atomic E-state index is 10.9. The number of aliphatic carboxylic acids is 1. The third-order valence-electron chi connectivity index (χ3n) is 3.33. The fourth-order valence-corrected chi connectivity index (χ4v) is 3.47. The molecule has 1 unspecified atom stereocenters. The first-order valence-corrected chi connectivity index (χ1v) is 7.51. The summed E-state index contributed by atoms with van der Waals surface area (Å²) in [6.45, 7) is 1.68. The number of rotatable bonds is 5. The zero-order chi connectivity index (χ0) is 13.7. The van der Waals surface area contributed by atoms with E-state index < -0.39 is 5.97 Å². The van der Waals surface area contributed by atoms with E-state index in [9.17, 15) is 4.79 Å². The van der Waals surface area contributed by atoms with Gasteiger partial charge in [0.05, 0.1) is 13.5 Å². The fourth-order valence-electron chi connectivity index (χ4n) is 2.34.